The number of benzene rings is 1. The van der Waals surface area contributed by atoms with Crippen LogP contribution in [0.15, 0.2) is 24.3 Å². The number of nitrogens with zero attached hydrogens (tertiary/aromatic N) is 2. The monoisotopic (exact) mass is 375 g/mol. The van der Waals surface area contributed by atoms with Crippen LogP contribution < -0.4 is 5.32 Å². The highest BCUT2D eigenvalue weighted by Gasteiger charge is 2.55. The molecule has 3 unspecified atom stereocenters. The normalized spacial score (nSPS) is 26.2. The lowest BCUT2D eigenvalue weighted by Crippen LogP contribution is -2.54. The predicted molar refractivity (Wildman–Crippen MR) is 98.2 cm³/mol. The van der Waals surface area contributed by atoms with Gasteiger partial charge >= 0.3 is 6.03 Å². The van der Waals surface area contributed by atoms with Crippen LogP contribution in [0.5, 0.6) is 0 Å². The molecule has 0 aromatic heterocycles. The Morgan fingerprint density at radius 2 is 2.00 bits per heavy atom. The molecule has 27 heavy (non-hydrogen) atoms. The Labute approximate surface area is 158 Å². The van der Waals surface area contributed by atoms with Crippen LogP contribution in [-0.2, 0) is 9.59 Å². The predicted octanol–water partition coefficient (Wildman–Crippen LogP) is 2.85. The third-order valence-electron chi connectivity index (χ3n) is 6.12. The van der Waals surface area contributed by atoms with Gasteiger partial charge in [0, 0.05) is 7.05 Å². The van der Waals surface area contributed by atoms with Gasteiger partial charge in [-0.3, -0.25) is 14.5 Å². The summed E-state index contributed by atoms with van der Waals surface area (Å²) in [6.07, 6.45) is 3.43. The number of likely N-dealkylation sites (N-methyl/N-ethyl adjacent to an activating group) is 1. The fourth-order valence-electron chi connectivity index (χ4n) is 4.07. The van der Waals surface area contributed by atoms with Gasteiger partial charge in [-0.2, -0.15) is 0 Å². The van der Waals surface area contributed by atoms with Crippen LogP contribution in [0.3, 0.4) is 0 Å². The highest BCUT2D eigenvalue weighted by molar-refractivity contribution is 6.09. The molecule has 2 fully saturated rings. The van der Waals surface area contributed by atoms with Crippen molar-refractivity contribution in [3.05, 3.63) is 35.6 Å². The van der Waals surface area contributed by atoms with Gasteiger partial charge in [0.25, 0.3) is 5.91 Å². The largest absolute Gasteiger partial charge is 0.337 e. The third-order valence-corrected chi connectivity index (χ3v) is 6.12. The summed E-state index contributed by atoms with van der Waals surface area (Å²) in [5.41, 5.74) is -0.0849. The number of rotatable bonds is 4. The van der Waals surface area contributed by atoms with Gasteiger partial charge in [0.15, 0.2) is 0 Å². The minimum absolute atomic E-state index is 0.0543. The van der Waals surface area contributed by atoms with E-state index < -0.39 is 11.6 Å². The molecule has 3 rings (SSSR count). The molecule has 1 aliphatic heterocycles. The molecule has 6 nitrogen and oxygen atoms in total. The summed E-state index contributed by atoms with van der Waals surface area (Å²) in [5, 5.41) is 2.86. The minimum atomic E-state index is -0.864. The van der Waals surface area contributed by atoms with Crippen molar-refractivity contribution in [2.75, 3.05) is 13.6 Å². The van der Waals surface area contributed by atoms with E-state index in [4.69, 9.17) is 0 Å². The molecule has 1 saturated heterocycles. The third kappa shape index (κ3) is 3.42. The topological polar surface area (TPSA) is 69.7 Å². The van der Waals surface area contributed by atoms with Crippen molar-refractivity contribution in [2.45, 2.75) is 51.1 Å². The molecule has 1 aromatic carbocycles. The van der Waals surface area contributed by atoms with Crippen molar-refractivity contribution in [3.8, 4) is 0 Å². The SMILES string of the molecule is CC(c1ccc(F)cc1)N(C)C(=O)CN1C(=O)NC2(CCCCC2C)C1=O. The van der Waals surface area contributed by atoms with Gasteiger partial charge in [-0.15, -0.1) is 0 Å². The maximum Gasteiger partial charge on any atom is 0.325 e. The summed E-state index contributed by atoms with van der Waals surface area (Å²) in [7, 11) is 1.62. The Kier molecular flexibility index (Phi) is 5.22. The number of urea groups is 1. The van der Waals surface area contributed by atoms with Crippen molar-refractivity contribution in [1.82, 2.24) is 15.1 Å². The van der Waals surface area contributed by atoms with Crippen molar-refractivity contribution >= 4 is 17.8 Å². The fourth-order valence-corrected chi connectivity index (χ4v) is 4.07. The van der Waals surface area contributed by atoms with E-state index in [1.807, 2.05) is 13.8 Å². The van der Waals surface area contributed by atoms with Crippen LogP contribution in [0, 0.1) is 11.7 Å². The highest BCUT2D eigenvalue weighted by atomic mass is 19.1. The lowest BCUT2D eigenvalue weighted by Gasteiger charge is -2.36. The molecule has 1 aromatic rings. The second kappa shape index (κ2) is 7.29. The highest BCUT2D eigenvalue weighted by Crippen LogP contribution is 2.38. The van der Waals surface area contributed by atoms with E-state index in [-0.39, 0.29) is 36.1 Å². The van der Waals surface area contributed by atoms with E-state index >= 15 is 0 Å². The first-order valence-corrected chi connectivity index (χ1v) is 9.41. The Hall–Kier alpha value is -2.44. The first-order chi connectivity index (χ1) is 12.8. The molecule has 1 saturated carbocycles. The Bertz CT molecular complexity index is 751. The second-order valence-corrected chi connectivity index (χ2v) is 7.67. The second-order valence-electron chi connectivity index (χ2n) is 7.67. The van der Waals surface area contributed by atoms with Crippen LogP contribution in [0.4, 0.5) is 9.18 Å². The molecule has 0 bridgehead atoms. The maximum absolute atomic E-state index is 13.1. The van der Waals surface area contributed by atoms with Crippen LogP contribution in [0.1, 0.15) is 51.1 Å². The first-order valence-electron chi connectivity index (χ1n) is 9.41. The van der Waals surface area contributed by atoms with Crippen LogP contribution in [0.25, 0.3) is 0 Å². The molecule has 146 valence electrons. The van der Waals surface area contributed by atoms with Crippen LogP contribution in [-0.4, -0.2) is 46.8 Å². The number of hydrogen-bond acceptors (Lipinski definition) is 3. The number of carbonyl (C=O) groups excluding carboxylic acids is 3. The molecule has 4 amide bonds. The van der Waals surface area contributed by atoms with E-state index in [0.717, 1.165) is 29.7 Å². The lowest BCUT2D eigenvalue weighted by molar-refractivity contribution is -0.140. The van der Waals surface area contributed by atoms with Gasteiger partial charge in [-0.05, 0) is 43.4 Å². The van der Waals surface area contributed by atoms with Gasteiger partial charge in [0.05, 0.1) is 6.04 Å². The summed E-state index contributed by atoms with van der Waals surface area (Å²) in [6, 6.07) is 5.13. The van der Waals surface area contributed by atoms with Gasteiger partial charge < -0.3 is 10.2 Å². The molecular formula is C20H26FN3O3. The zero-order valence-electron chi connectivity index (χ0n) is 16.0. The molecule has 1 spiro atoms. The van der Waals surface area contributed by atoms with Gasteiger partial charge in [0.2, 0.25) is 5.91 Å². The van der Waals surface area contributed by atoms with Gasteiger partial charge in [-0.1, -0.05) is 31.9 Å². The molecule has 7 heteroatoms. The first kappa shape index (κ1) is 19.3. The molecule has 1 aliphatic carbocycles. The smallest absolute Gasteiger partial charge is 0.325 e. The lowest BCUT2D eigenvalue weighted by atomic mass is 9.73. The van der Waals surface area contributed by atoms with E-state index in [9.17, 15) is 18.8 Å². The Morgan fingerprint density at radius 3 is 2.63 bits per heavy atom. The van der Waals surface area contributed by atoms with Crippen molar-refractivity contribution in [3.63, 3.8) is 0 Å². The fraction of sp³-hybridized carbons (Fsp3) is 0.550. The van der Waals surface area contributed by atoms with Crippen molar-refractivity contribution in [2.24, 2.45) is 5.92 Å². The summed E-state index contributed by atoms with van der Waals surface area (Å²) in [4.78, 5) is 40.6. The van der Waals surface area contributed by atoms with Crippen LogP contribution in [0.2, 0.25) is 0 Å². The number of amides is 4. The number of halogens is 1. The molecule has 3 atom stereocenters. The molecule has 1 N–H and O–H groups in total. The minimum Gasteiger partial charge on any atom is -0.337 e. The molecule has 0 radical (unpaired) electrons. The number of hydrogen-bond donors (Lipinski definition) is 1. The van der Waals surface area contributed by atoms with Crippen molar-refractivity contribution in [1.29, 1.82) is 0 Å². The molecule has 1 heterocycles. The molecular weight excluding hydrogens is 349 g/mol. The summed E-state index contributed by atoms with van der Waals surface area (Å²) in [6.45, 7) is 3.51. The van der Waals surface area contributed by atoms with E-state index in [2.05, 4.69) is 5.32 Å². The van der Waals surface area contributed by atoms with Crippen LogP contribution >= 0.6 is 0 Å². The Balaban J connectivity index is 1.70. The van der Waals surface area contributed by atoms with Gasteiger partial charge in [-0.25, -0.2) is 9.18 Å². The maximum atomic E-state index is 13.1. The standard InChI is InChI=1S/C20H26FN3O3/c1-13-6-4-5-11-20(13)18(26)24(19(27)22-20)12-17(25)23(3)14(2)15-7-9-16(21)10-8-15/h7-10,13-14H,4-6,11-12H2,1-3H3,(H,22,27). The van der Waals surface area contributed by atoms with E-state index in [0.29, 0.717) is 6.42 Å². The number of imide groups is 1. The number of carbonyl (C=O) groups is 3. The van der Waals surface area contributed by atoms with E-state index in [1.165, 1.54) is 17.0 Å². The summed E-state index contributed by atoms with van der Waals surface area (Å²) < 4.78 is 13.1. The summed E-state index contributed by atoms with van der Waals surface area (Å²) in [5.74, 6) is -0.920. The average molecular weight is 375 g/mol. The zero-order valence-corrected chi connectivity index (χ0v) is 16.0. The molecule has 2 aliphatic rings. The van der Waals surface area contributed by atoms with Gasteiger partial charge in [0.1, 0.15) is 17.9 Å². The average Bonchev–Trinajstić information content (AvgIpc) is 2.88. The number of nitrogens with one attached hydrogen (secondary N) is 1. The quantitative estimate of drug-likeness (QED) is 0.823. The Morgan fingerprint density at radius 1 is 1.33 bits per heavy atom. The van der Waals surface area contributed by atoms with Crippen molar-refractivity contribution < 1.29 is 18.8 Å². The van der Waals surface area contributed by atoms with E-state index in [1.54, 1.807) is 19.2 Å². The summed E-state index contributed by atoms with van der Waals surface area (Å²) >= 11 is 0. The zero-order chi connectivity index (χ0) is 19.8.